The molecule has 0 aliphatic carbocycles. The van der Waals surface area contributed by atoms with Gasteiger partial charge in [0.2, 0.25) is 5.91 Å². The molecule has 1 aliphatic heterocycles. The van der Waals surface area contributed by atoms with Gasteiger partial charge in [0.25, 0.3) is 5.91 Å². The number of nitrogens with one attached hydrogen (secondary N) is 1. The minimum absolute atomic E-state index is 0.0608. The van der Waals surface area contributed by atoms with Crippen LogP contribution in [0.5, 0.6) is 0 Å². The number of rotatable bonds is 6. The van der Waals surface area contributed by atoms with E-state index >= 15 is 0 Å². The van der Waals surface area contributed by atoms with Crippen molar-refractivity contribution in [3.63, 3.8) is 0 Å². The van der Waals surface area contributed by atoms with Crippen LogP contribution in [0.3, 0.4) is 0 Å². The van der Waals surface area contributed by atoms with E-state index in [2.05, 4.69) is 5.32 Å². The predicted molar refractivity (Wildman–Crippen MR) is 122 cm³/mol. The van der Waals surface area contributed by atoms with Crippen molar-refractivity contribution < 1.29 is 23.5 Å². The number of hydrogen-bond donors (Lipinski definition) is 1. The number of carbonyl (C=O) groups is 3. The maximum Gasteiger partial charge on any atom is 0.340 e. The summed E-state index contributed by atoms with van der Waals surface area (Å²) in [5.74, 6) is -1.39. The maximum atomic E-state index is 13.2. The van der Waals surface area contributed by atoms with Crippen molar-refractivity contribution in [1.82, 2.24) is 4.57 Å². The summed E-state index contributed by atoms with van der Waals surface area (Å²) in [7, 11) is 0. The van der Waals surface area contributed by atoms with E-state index < -0.39 is 18.5 Å². The summed E-state index contributed by atoms with van der Waals surface area (Å²) in [4.78, 5) is 38.6. The Hall–Kier alpha value is -3.94. The number of ether oxygens (including phenoxy) is 1. The van der Waals surface area contributed by atoms with Gasteiger partial charge >= 0.3 is 5.97 Å². The topological polar surface area (TPSA) is 80.6 Å². The van der Waals surface area contributed by atoms with E-state index in [4.69, 9.17) is 4.74 Å². The SMILES string of the molecule is Cc1cc(C(=O)OCC(=O)Nc2cccc(N3CCCC3=O)c2)c(C)n1-c1ccc(F)cc1. The van der Waals surface area contributed by atoms with E-state index in [1.165, 1.54) is 12.1 Å². The number of amides is 2. The average Bonchev–Trinajstić information content (AvgIpc) is 3.35. The Labute approximate surface area is 190 Å². The molecule has 8 heteroatoms. The highest BCUT2D eigenvalue weighted by Crippen LogP contribution is 2.25. The van der Waals surface area contributed by atoms with Crippen LogP contribution in [-0.4, -0.2) is 35.5 Å². The van der Waals surface area contributed by atoms with Gasteiger partial charge in [0.1, 0.15) is 5.82 Å². The Morgan fingerprint density at radius 2 is 1.82 bits per heavy atom. The number of aryl methyl sites for hydroxylation is 1. The zero-order valence-corrected chi connectivity index (χ0v) is 18.4. The fraction of sp³-hybridized carbons (Fsp3) is 0.240. The van der Waals surface area contributed by atoms with E-state index in [0.717, 1.165) is 23.5 Å². The molecule has 2 aromatic carbocycles. The minimum atomic E-state index is -0.622. The summed E-state index contributed by atoms with van der Waals surface area (Å²) in [5.41, 5.74) is 3.71. The number of esters is 1. The zero-order chi connectivity index (χ0) is 23.5. The van der Waals surface area contributed by atoms with Gasteiger partial charge in [-0.3, -0.25) is 9.59 Å². The summed E-state index contributed by atoms with van der Waals surface area (Å²) in [6.45, 7) is 3.80. The fourth-order valence-electron chi connectivity index (χ4n) is 4.04. The van der Waals surface area contributed by atoms with Gasteiger partial charge in [-0.1, -0.05) is 6.07 Å². The van der Waals surface area contributed by atoms with Gasteiger partial charge in [-0.25, -0.2) is 9.18 Å². The highest BCUT2D eigenvalue weighted by molar-refractivity contribution is 5.98. The zero-order valence-electron chi connectivity index (χ0n) is 18.4. The second kappa shape index (κ2) is 9.28. The quantitative estimate of drug-likeness (QED) is 0.573. The molecule has 0 radical (unpaired) electrons. The van der Waals surface area contributed by atoms with Gasteiger partial charge in [-0.15, -0.1) is 0 Å². The molecule has 0 unspecified atom stereocenters. The summed E-state index contributed by atoms with van der Waals surface area (Å²) in [6.07, 6.45) is 1.33. The molecule has 4 rings (SSSR count). The molecule has 0 saturated carbocycles. The molecule has 0 bridgehead atoms. The molecule has 7 nitrogen and oxygen atoms in total. The van der Waals surface area contributed by atoms with Crippen molar-refractivity contribution >= 4 is 29.2 Å². The average molecular weight is 449 g/mol. The van der Waals surface area contributed by atoms with Gasteiger partial charge in [0.15, 0.2) is 6.61 Å². The van der Waals surface area contributed by atoms with E-state index in [1.807, 2.05) is 17.6 Å². The molecule has 2 heterocycles. The number of nitrogens with zero attached hydrogens (tertiary/aromatic N) is 2. The van der Waals surface area contributed by atoms with E-state index in [-0.39, 0.29) is 11.7 Å². The lowest BCUT2D eigenvalue weighted by Gasteiger charge is -2.16. The molecule has 1 aliphatic rings. The van der Waals surface area contributed by atoms with Crippen LogP contribution in [-0.2, 0) is 14.3 Å². The van der Waals surface area contributed by atoms with Crippen molar-refractivity contribution in [2.24, 2.45) is 0 Å². The smallest absolute Gasteiger partial charge is 0.340 e. The normalized spacial score (nSPS) is 13.3. The number of anilines is 2. The van der Waals surface area contributed by atoms with Crippen molar-refractivity contribution in [2.75, 3.05) is 23.4 Å². The number of aromatic nitrogens is 1. The lowest BCUT2D eigenvalue weighted by atomic mass is 10.2. The van der Waals surface area contributed by atoms with Gasteiger partial charge in [-0.05, 0) is 68.8 Å². The second-order valence-electron chi connectivity index (χ2n) is 7.92. The Balaban J connectivity index is 1.39. The largest absolute Gasteiger partial charge is 0.452 e. The minimum Gasteiger partial charge on any atom is -0.452 e. The third-order valence-corrected chi connectivity index (χ3v) is 5.59. The van der Waals surface area contributed by atoms with Crippen LogP contribution in [0.4, 0.5) is 15.8 Å². The lowest BCUT2D eigenvalue weighted by Crippen LogP contribution is -2.24. The van der Waals surface area contributed by atoms with Crippen molar-refractivity contribution in [3.05, 3.63) is 77.4 Å². The van der Waals surface area contributed by atoms with E-state index in [0.29, 0.717) is 29.9 Å². The summed E-state index contributed by atoms with van der Waals surface area (Å²) < 4.78 is 20.3. The van der Waals surface area contributed by atoms with Crippen molar-refractivity contribution in [2.45, 2.75) is 26.7 Å². The first-order valence-electron chi connectivity index (χ1n) is 10.7. The third-order valence-electron chi connectivity index (χ3n) is 5.59. The van der Waals surface area contributed by atoms with E-state index in [9.17, 15) is 18.8 Å². The Bertz CT molecular complexity index is 1220. The van der Waals surface area contributed by atoms with Gasteiger partial charge in [0, 0.05) is 41.4 Å². The Morgan fingerprint density at radius 3 is 2.52 bits per heavy atom. The predicted octanol–water partition coefficient (Wildman–Crippen LogP) is 4.16. The standard InChI is InChI=1S/C25H24FN3O4/c1-16-13-22(17(2)29(16)20-10-8-18(26)9-11-20)25(32)33-15-23(30)27-19-5-3-6-21(14-19)28-12-4-7-24(28)31/h3,5-6,8-11,13-14H,4,7,12,15H2,1-2H3,(H,27,30). The molecule has 1 aromatic heterocycles. The van der Waals surface area contributed by atoms with Crippen molar-refractivity contribution in [1.29, 1.82) is 0 Å². The monoisotopic (exact) mass is 449 g/mol. The fourth-order valence-corrected chi connectivity index (χ4v) is 4.04. The molecule has 2 amide bonds. The number of halogens is 1. The van der Waals surface area contributed by atoms with Crippen LogP contribution in [0, 0.1) is 19.7 Å². The number of benzene rings is 2. The first-order chi connectivity index (χ1) is 15.8. The van der Waals surface area contributed by atoms with Gasteiger partial charge in [0.05, 0.1) is 5.56 Å². The van der Waals surface area contributed by atoms with Crippen LogP contribution < -0.4 is 10.2 Å². The van der Waals surface area contributed by atoms with Crippen LogP contribution in [0.2, 0.25) is 0 Å². The molecule has 3 aromatic rings. The van der Waals surface area contributed by atoms with Gasteiger partial charge < -0.3 is 19.5 Å². The second-order valence-corrected chi connectivity index (χ2v) is 7.92. The third kappa shape index (κ3) is 4.79. The molecular formula is C25H24FN3O4. The molecule has 1 N–H and O–H groups in total. The Kier molecular flexibility index (Phi) is 6.26. The first-order valence-corrected chi connectivity index (χ1v) is 10.7. The first kappa shape index (κ1) is 22.3. The molecule has 1 saturated heterocycles. The maximum absolute atomic E-state index is 13.2. The summed E-state index contributed by atoms with van der Waals surface area (Å²) >= 11 is 0. The molecular weight excluding hydrogens is 425 g/mol. The van der Waals surface area contributed by atoms with Crippen LogP contribution in [0.15, 0.2) is 54.6 Å². The van der Waals surface area contributed by atoms with Gasteiger partial charge in [-0.2, -0.15) is 0 Å². The molecule has 0 spiro atoms. The van der Waals surface area contributed by atoms with Crippen LogP contribution in [0.1, 0.15) is 34.6 Å². The van der Waals surface area contributed by atoms with Crippen LogP contribution >= 0.6 is 0 Å². The Morgan fingerprint density at radius 1 is 1.06 bits per heavy atom. The van der Waals surface area contributed by atoms with Crippen molar-refractivity contribution in [3.8, 4) is 5.69 Å². The molecule has 0 atom stereocenters. The van der Waals surface area contributed by atoms with Crippen LogP contribution in [0.25, 0.3) is 5.69 Å². The highest BCUT2D eigenvalue weighted by atomic mass is 19.1. The lowest BCUT2D eigenvalue weighted by molar-refractivity contribution is -0.119. The molecule has 170 valence electrons. The molecule has 1 fully saturated rings. The summed E-state index contributed by atoms with van der Waals surface area (Å²) in [5, 5.41) is 2.69. The highest BCUT2D eigenvalue weighted by Gasteiger charge is 2.22. The number of carbonyl (C=O) groups excluding carboxylic acids is 3. The number of hydrogen-bond acceptors (Lipinski definition) is 4. The van der Waals surface area contributed by atoms with E-state index in [1.54, 1.807) is 48.2 Å². The summed E-state index contributed by atoms with van der Waals surface area (Å²) in [6, 6.07) is 14.6. The molecule has 33 heavy (non-hydrogen) atoms.